The van der Waals surface area contributed by atoms with Gasteiger partial charge in [-0.25, -0.2) is 0 Å². The summed E-state index contributed by atoms with van der Waals surface area (Å²) >= 11 is 0. The standard InChI is InChI=1S/C26H32N4/c1-7-11-24(19-28-21(5)6)27-17-16-25-14-13-23-18-22(20-29(8-2)9-3)12-15-26(23)30(25)10-4/h7,12-13,15,18-19,27H,5,8-10,20H2,1-4,6H3. The van der Waals surface area contributed by atoms with E-state index in [4.69, 9.17) is 0 Å². The number of hydrogen-bond acceptors (Lipinski definition) is 4. The van der Waals surface area contributed by atoms with Gasteiger partial charge in [-0.2, -0.15) is 0 Å². The molecule has 0 aliphatic carbocycles. The molecule has 1 aliphatic heterocycles. The van der Waals surface area contributed by atoms with Crippen LogP contribution >= 0.6 is 0 Å². The molecule has 0 unspecified atom stereocenters. The number of nitrogens with zero attached hydrogens (tertiary/aromatic N) is 3. The molecule has 0 radical (unpaired) electrons. The summed E-state index contributed by atoms with van der Waals surface area (Å²) in [6.45, 7) is 17.9. The molecule has 1 heterocycles. The Hall–Kier alpha value is -3.21. The zero-order chi connectivity index (χ0) is 21.9. The van der Waals surface area contributed by atoms with E-state index < -0.39 is 0 Å². The Kier molecular flexibility index (Phi) is 9.01. The van der Waals surface area contributed by atoms with Crippen molar-refractivity contribution >= 4 is 18.0 Å². The van der Waals surface area contributed by atoms with Gasteiger partial charge >= 0.3 is 0 Å². The minimum atomic E-state index is 0.692. The van der Waals surface area contributed by atoms with Gasteiger partial charge in [0, 0.05) is 30.4 Å². The highest BCUT2D eigenvalue weighted by Crippen LogP contribution is 2.29. The molecular formula is C26H32N4. The van der Waals surface area contributed by atoms with E-state index in [-0.39, 0.29) is 0 Å². The van der Waals surface area contributed by atoms with Gasteiger partial charge in [-0.05, 0) is 69.6 Å². The van der Waals surface area contributed by atoms with Gasteiger partial charge in [0.1, 0.15) is 11.4 Å². The zero-order valence-electron chi connectivity index (χ0n) is 18.8. The van der Waals surface area contributed by atoms with Crippen molar-refractivity contribution in [1.82, 2.24) is 10.2 Å². The summed E-state index contributed by atoms with van der Waals surface area (Å²) in [5, 5.41) is 3.05. The third-order valence-corrected chi connectivity index (χ3v) is 4.73. The maximum atomic E-state index is 4.20. The summed E-state index contributed by atoms with van der Waals surface area (Å²) in [4.78, 5) is 8.80. The third-order valence-electron chi connectivity index (χ3n) is 4.73. The van der Waals surface area contributed by atoms with Gasteiger partial charge in [-0.3, -0.25) is 9.89 Å². The molecule has 30 heavy (non-hydrogen) atoms. The molecule has 0 amide bonds. The molecule has 156 valence electrons. The van der Waals surface area contributed by atoms with E-state index in [2.05, 4.69) is 89.1 Å². The molecule has 0 fully saturated rings. The maximum absolute atomic E-state index is 4.20. The molecule has 1 aliphatic rings. The van der Waals surface area contributed by atoms with Gasteiger partial charge < -0.3 is 10.2 Å². The lowest BCUT2D eigenvalue weighted by Crippen LogP contribution is -2.24. The van der Waals surface area contributed by atoms with E-state index in [1.807, 2.05) is 26.0 Å². The molecule has 4 heteroatoms. The lowest BCUT2D eigenvalue weighted by Gasteiger charge is -2.27. The Morgan fingerprint density at radius 3 is 2.70 bits per heavy atom. The Labute approximate surface area is 181 Å². The van der Waals surface area contributed by atoms with Gasteiger partial charge in [0.25, 0.3) is 0 Å². The quantitative estimate of drug-likeness (QED) is 0.286. The lowest BCUT2D eigenvalue weighted by molar-refractivity contribution is 0.296. The van der Waals surface area contributed by atoms with Crippen molar-refractivity contribution in [2.24, 2.45) is 4.99 Å². The minimum Gasteiger partial charge on any atom is -0.328 e. The Morgan fingerprint density at radius 1 is 1.30 bits per heavy atom. The molecule has 0 atom stereocenters. The second-order valence-corrected chi connectivity index (χ2v) is 6.95. The first-order valence-corrected chi connectivity index (χ1v) is 10.5. The van der Waals surface area contributed by atoms with E-state index >= 15 is 0 Å². The van der Waals surface area contributed by atoms with E-state index in [1.165, 1.54) is 11.1 Å². The summed E-state index contributed by atoms with van der Waals surface area (Å²) in [6.07, 6.45) is 5.52. The van der Waals surface area contributed by atoms with Crippen LogP contribution in [0.15, 0.2) is 64.4 Å². The van der Waals surface area contributed by atoms with Crippen molar-refractivity contribution in [3.63, 3.8) is 0 Å². The van der Waals surface area contributed by atoms with Crippen molar-refractivity contribution in [3.8, 4) is 12.0 Å². The van der Waals surface area contributed by atoms with Crippen LogP contribution in [0.3, 0.4) is 0 Å². The predicted octanol–water partition coefficient (Wildman–Crippen LogP) is 5.08. The summed E-state index contributed by atoms with van der Waals surface area (Å²) in [5.41, 5.74) is 12.4. The Bertz CT molecular complexity index is 984. The smallest absolute Gasteiger partial charge is 0.138 e. The van der Waals surface area contributed by atoms with Crippen molar-refractivity contribution in [2.45, 2.75) is 41.2 Å². The van der Waals surface area contributed by atoms with Crippen LogP contribution in [0.5, 0.6) is 0 Å². The normalized spacial score (nSPS) is 12.1. The summed E-state index contributed by atoms with van der Waals surface area (Å²) in [7, 11) is 0. The molecule has 1 aromatic carbocycles. The molecule has 0 bridgehead atoms. The molecule has 0 aromatic heterocycles. The van der Waals surface area contributed by atoms with Crippen molar-refractivity contribution in [3.05, 3.63) is 70.5 Å². The van der Waals surface area contributed by atoms with Gasteiger partial charge in [-0.1, -0.05) is 38.0 Å². The maximum Gasteiger partial charge on any atom is 0.138 e. The molecule has 0 spiro atoms. The monoisotopic (exact) mass is 400 g/mol. The lowest BCUT2D eigenvalue weighted by atomic mass is 10.0. The molecule has 4 nitrogen and oxygen atoms in total. The van der Waals surface area contributed by atoms with Crippen LogP contribution in [0.25, 0.3) is 6.08 Å². The van der Waals surface area contributed by atoms with Crippen LogP contribution in [-0.4, -0.2) is 30.7 Å². The number of rotatable bonds is 8. The Morgan fingerprint density at radius 2 is 2.07 bits per heavy atom. The largest absolute Gasteiger partial charge is 0.328 e. The fourth-order valence-electron chi connectivity index (χ4n) is 3.14. The third kappa shape index (κ3) is 6.41. The van der Waals surface area contributed by atoms with E-state index in [0.29, 0.717) is 5.70 Å². The molecule has 0 saturated carbocycles. The molecule has 1 aromatic rings. The number of fused-ring (bicyclic) bond motifs is 1. The molecule has 1 N–H and O–H groups in total. The minimum absolute atomic E-state index is 0.692. The van der Waals surface area contributed by atoms with E-state index in [0.717, 1.165) is 43.3 Å². The molecule has 0 saturated heterocycles. The fraction of sp³-hybridized carbons (Fsp3) is 0.346. The second kappa shape index (κ2) is 11.7. The van der Waals surface area contributed by atoms with Crippen molar-refractivity contribution in [1.29, 1.82) is 0 Å². The average Bonchev–Trinajstić information content (AvgIpc) is 2.75. The summed E-state index contributed by atoms with van der Waals surface area (Å²) in [6, 6.07) is 9.66. The molecule has 2 rings (SSSR count). The van der Waals surface area contributed by atoms with Crippen LogP contribution < -0.4 is 10.2 Å². The fourth-order valence-corrected chi connectivity index (χ4v) is 3.14. The summed E-state index contributed by atoms with van der Waals surface area (Å²) < 4.78 is 0. The van der Waals surface area contributed by atoms with Gasteiger partial charge in [0.15, 0.2) is 0 Å². The van der Waals surface area contributed by atoms with Gasteiger partial charge in [0.2, 0.25) is 0 Å². The van der Waals surface area contributed by atoms with Crippen molar-refractivity contribution in [2.75, 3.05) is 24.5 Å². The van der Waals surface area contributed by atoms with Crippen LogP contribution in [-0.2, 0) is 6.54 Å². The average molecular weight is 401 g/mol. The predicted molar refractivity (Wildman–Crippen MR) is 129 cm³/mol. The summed E-state index contributed by atoms with van der Waals surface area (Å²) in [5.74, 6) is 3.18. The number of nitrogens with one attached hydrogen (secondary N) is 1. The number of benzene rings is 1. The first kappa shape index (κ1) is 23.1. The van der Waals surface area contributed by atoms with Crippen LogP contribution in [0.4, 0.5) is 5.69 Å². The number of allylic oxidation sites excluding steroid dienone is 3. The zero-order valence-corrected chi connectivity index (χ0v) is 18.8. The van der Waals surface area contributed by atoms with E-state index in [1.54, 1.807) is 6.21 Å². The highest BCUT2D eigenvalue weighted by atomic mass is 15.1. The number of hydrogen-bond donors (Lipinski definition) is 1. The second-order valence-electron chi connectivity index (χ2n) is 6.95. The van der Waals surface area contributed by atoms with E-state index in [9.17, 15) is 0 Å². The SMILES string of the molecule is C=C(C)N=CC(=C=CC)NC#CC1=C=Cc2cc(CN(CC)CC)ccc2N1CC. The van der Waals surface area contributed by atoms with Gasteiger partial charge in [0.05, 0.1) is 11.9 Å². The number of anilines is 1. The van der Waals surface area contributed by atoms with Crippen LogP contribution in [0.2, 0.25) is 0 Å². The highest BCUT2D eigenvalue weighted by Gasteiger charge is 2.16. The van der Waals surface area contributed by atoms with Crippen LogP contribution in [0.1, 0.15) is 45.7 Å². The number of aliphatic imine (C=N–C) groups is 1. The first-order chi connectivity index (χ1) is 14.5. The topological polar surface area (TPSA) is 30.9 Å². The first-order valence-electron chi connectivity index (χ1n) is 10.5. The van der Waals surface area contributed by atoms with Crippen molar-refractivity contribution < 1.29 is 0 Å². The molecular weight excluding hydrogens is 368 g/mol. The Balaban J connectivity index is 2.26. The van der Waals surface area contributed by atoms with Gasteiger partial charge in [-0.15, -0.1) is 0 Å². The van der Waals surface area contributed by atoms with Crippen LogP contribution in [0, 0.1) is 12.0 Å². The highest BCUT2D eigenvalue weighted by molar-refractivity contribution is 5.79.